The van der Waals surface area contributed by atoms with Crippen LogP contribution in [0.25, 0.3) is 0 Å². The minimum absolute atomic E-state index is 0.0255. The van der Waals surface area contributed by atoms with Crippen LogP contribution in [0.1, 0.15) is 24.2 Å². The molecule has 0 spiro atoms. The lowest BCUT2D eigenvalue weighted by molar-refractivity contribution is 0.622. The third-order valence-electron chi connectivity index (χ3n) is 3.10. The largest absolute Gasteiger partial charge is 0.326 e. The van der Waals surface area contributed by atoms with Crippen LogP contribution in [-0.4, -0.2) is 6.04 Å². The van der Waals surface area contributed by atoms with Crippen molar-refractivity contribution in [3.8, 4) is 0 Å². The second-order valence-corrected chi connectivity index (χ2v) is 6.75. The number of hydrogen-bond donors (Lipinski definition) is 1. The van der Waals surface area contributed by atoms with Crippen molar-refractivity contribution in [3.05, 3.63) is 64.4 Å². The van der Waals surface area contributed by atoms with Crippen molar-refractivity contribution >= 4 is 27.7 Å². The van der Waals surface area contributed by atoms with Gasteiger partial charge >= 0.3 is 0 Å². The normalized spacial score (nSPS) is 14.0. The molecule has 0 saturated heterocycles. The Morgan fingerprint density at radius 3 is 2.60 bits per heavy atom. The van der Waals surface area contributed by atoms with Gasteiger partial charge in [-0.1, -0.05) is 41.1 Å². The third kappa shape index (κ3) is 4.08. The summed E-state index contributed by atoms with van der Waals surface area (Å²) in [6.07, 6.45) is 0.874. The van der Waals surface area contributed by atoms with Gasteiger partial charge in [-0.2, -0.15) is 0 Å². The number of nitrogens with two attached hydrogens (primary N) is 1. The number of thioether (sulfide) groups is 1. The number of hydrogen-bond acceptors (Lipinski definition) is 2. The number of benzene rings is 2. The lowest BCUT2D eigenvalue weighted by Crippen LogP contribution is -2.25. The fourth-order valence-corrected chi connectivity index (χ4v) is 3.69. The van der Waals surface area contributed by atoms with Gasteiger partial charge in [0.05, 0.1) is 0 Å². The van der Waals surface area contributed by atoms with Gasteiger partial charge in [0.1, 0.15) is 5.82 Å². The van der Waals surface area contributed by atoms with Crippen molar-refractivity contribution in [2.75, 3.05) is 0 Å². The highest BCUT2D eigenvalue weighted by Gasteiger charge is 2.20. The van der Waals surface area contributed by atoms with E-state index in [1.165, 1.54) is 6.07 Å². The second kappa shape index (κ2) is 7.25. The van der Waals surface area contributed by atoms with Gasteiger partial charge in [0, 0.05) is 20.7 Å². The summed E-state index contributed by atoms with van der Waals surface area (Å²) < 4.78 is 14.3. The van der Waals surface area contributed by atoms with Crippen molar-refractivity contribution in [1.29, 1.82) is 0 Å². The summed E-state index contributed by atoms with van der Waals surface area (Å²) in [6.45, 7) is 2.07. The molecule has 0 bridgehead atoms. The van der Waals surface area contributed by atoms with E-state index in [4.69, 9.17) is 5.73 Å². The molecule has 2 N–H and O–H groups in total. The monoisotopic (exact) mass is 353 g/mol. The minimum Gasteiger partial charge on any atom is -0.326 e. The van der Waals surface area contributed by atoms with E-state index >= 15 is 0 Å². The highest BCUT2D eigenvalue weighted by atomic mass is 79.9. The maximum Gasteiger partial charge on any atom is 0.124 e. The van der Waals surface area contributed by atoms with Crippen LogP contribution < -0.4 is 5.73 Å². The molecular weight excluding hydrogens is 337 g/mol. The molecule has 0 heterocycles. The molecule has 2 atom stereocenters. The van der Waals surface area contributed by atoms with E-state index in [2.05, 4.69) is 35.0 Å². The van der Waals surface area contributed by atoms with Crippen molar-refractivity contribution in [3.63, 3.8) is 0 Å². The van der Waals surface area contributed by atoms with Crippen LogP contribution in [0, 0.1) is 5.82 Å². The summed E-state index contributed by atoms with van der Waals surface area (Å²) in [5.74, 6) is -0.215. The highest BCUT2D eigenvalue weighted by Crippen LogP contribution is 2.38. The molecule has 0 fully saturated rings. The van der Waals surface area contributed by atoms with Crippen LogP contribution >= 0.6 is 27.7 Å². The molecule has 2 unspecified atom stereocenters. The van der Waals surface area contributed by atoms with Gasteiger partial charge in [-0.25, -0.2) is 4.39 Å². The van der Waals surface area contributed by atoms with Crippen LogP contribution in [0.2, 0.25) is 0 Å². The summed E-state index contributed by atoms with van der Waals surface area (Å²) >= 11 is 5.10. The fourth-order valence-electron chi connectivity index (χ4n) is 1.99. The van der Waals surface area contributed by atoms with Crippen molar-refractivity contribution < 1.29 is 4.39 Å². The maximum absolute atomic E-state index is 13.3. The first kappa shape index (κ1) is 15.5. The lowest BCUT2D eigenvalue weighted by atomic mass is 10.0. The minimum atomic E-state index is -0.215. The van der Waals surface area contributed by atoms with Gasteiger partial charge in [-0.15, -0.1) is 11.8 Å². The van der Waals surface area contributed by atoms with Gasteiger partial charge in [0.15, 0.2) is 0 Å². The van der Waals surface area contributed by atoms with Gasteiger partial charge < -0.3 is 5.73 Å². The molecule has 0 aromatic heterocycles. The van der Waals surface area contributed by atoms with E-state index in [9.17, 15) is 4.39 Å². The predicted octanol–water partition coefficient (Wildman–Crippen LogP) is 5.16. The zero-order chi connectivity index (χ0) is 14.5. The topological polar surface area (TPSA) is 26.0 Å². The molecule has 106 valence electrons. The van der Waals surface area contributed by atoms with Crippen molar-refractivity contribution in [1.82, 2.24) is 0 Å². The van der Waals surface area contributed by atoms with Crippen molar-refractivity contribution in [2.24, 2.45) is 5.73 Å². The Labute approximate surface area is 131 Å². The molecule has 4 heteroatoms. The van der Waals surface area contributed by atoms with E-state index < -0.39 is 0 Å². The van der Waals surface area contributed by atoms with Crippen LogP contribution in [0.3, 0.4) is 0 Å². The Kier molecular flexibility index (Phi) is 5.64. The van der Waals surface area contributed by atoms with Gasteiger partial charge in [0.2, 0.25) is 0 Å². The first-order chi connectivity index (χ1) is 9.60. The molecule has 0 amide bonds. The average Bonchev–Trinajstić information content (AvgIpc) is 2.44. The number of rotatable bonds is 5. The Hall–Kier alpha value is -0.840. The predicted molar refractivity (Wildman–Crippen MR) is 87.4 cm³/mol. The summed E-state index contributed by atoms with van der Waals surface area (Å²) in [4.78, 5) is 0.902. The standard InChI is InChI=1S/C16H17BrFNS/c1-2-15(19)16(11-5-3-6-12(17)9-11)20-14-8-4-7-13(18)10-14/h3-10,15-16H,2,19H2,1H3. The summed E-state index contributed by atoms with van der Waals surface area (Å²) in [6, 6.07) is 14.8. The van der Waals surface area contributed by atoms with Crippen LogP contribution in [0.5, 0.6) is 0 Å². The van der Waals surface area contributed by atoms with E-state index in [1.807, 2.05) is 18.2 Å². The molecule has 2 rings (SSSR count). The van der Waals surface area contributed by atoms with E-state index in [0.717, 1.165) is 21.4 Å². The molecule has 20 heavy (non-hydrogen) atoms. The van der Waals surface area contributed by atoms with Gasteiger partial charge in [-0.05, 0) is 42.3 Å². The molecule has 0 aliphatic carbocycles. The van der Waals surface area contributed by atoms with Gasteiger partial charge in [-0.3, -0.25) is 0 Å². The third-order valence-corrected chi connectivity index (χ3v) is 4.99. The highest BCUT2D eigenvalue weighted by molar-refractivity contribution is 9.10. The molecule has 0 aliphatic heterocycles. The molecule has 1 nitrogen and oxygen atoms in total. The van der Waals surface area contributed by atoms with E-state index in [1.54, 1.807) is 23.9 Å². The SMILES string of the molecule is CCC(N)C(Sc1cccc(F)c1)c1cccc(Br)c1. The molecule has 0 radical (unpaired) electrons. The molecular formula is C16H17BrFNS. The smallest absolute Gasteiger partial charge is 0.124 e. The Balaban J connectivity index is 2.29. The molecule has 2 aromatic carbocycles. The summed E-state index contributed by atoms with van der Waals surface area (Å²) in [7, 11) is 0. The molecule has 0 aliphatic rings. The first-order valence-electron chi connectivity index (χ1n) is 6.53. The van der Waals surface area contributed by atoms with E-state index in [0.29, 0.717) is 0 Å². The zero-order valence-electron chi connectivity index (χ0n) is 11.2. The molecule has 2 aromatic rings. The van der Waals surface area contributed by atoms with E-state index in [-0.39, 0.29) is 17.1 Å². The number of halogens is 2. The maximum atomic E-state index is 13.3. The van der Waals surface area contributed by atoms with Crippen molar-refractivity contribution in [2.45, 2.75) is 29.5 Å². The summed E-state index contributed by atoms with van der Waals surface area (Å²) in [5, 5.41) is 0.110. The average molecular weight is 354 g/mol. The van der Waals surface area contributed by atoms with Gasteiger partial charge in [0.25, 0.3) is 0 Å². The quantitative estimate of drug-likeness (QED) is 0.751. The molecule has 0 saturated carbocycles. The second-order valence-electron chi connectivity index (χ2n) is 4.62. The lowest BCUT2D eigenvalue weighted by Gasteiger charge is -2.23. The fraction of sp³-hybridized carbons (Fsp3) is 0.250. The Bertz CT molecular complexity index is 576. The zero-order valence-corrected chi connectivity index (χ0v) is 13.6. The summed E-state index contributed by atoms with van der Waals surface area (Å²) in [5.41, 5.74) is 7.41. The van der Waals surface area contributed by atoms with Crippen LogP contribution in [0.15, 0.2) is 57.9 Å². The Morgan fingerprint density at radius 2 is 1.95 bits per heavy atom. The Morgan fingerprint density at radius 1 is 1.20 bits per heavy atom. The first-order valence-corrected chi connectivity index (χ1v) is 8.20. The van der Waals surface area contributed by atoms with Crippen LogP contribution in [-0.2, 0) is 0 Å². The van der Waals surface area contributed by atoms with Crippen LogP contribution in [0.4, 0.5) is 4.39 Å².